The molecule has 0 bridgehead atoms. The van der Waals surface area contributed by atoms with Gasteiger partial charge >= 0.3 is 0 Å². The zero-order valence-electron chi connectivity index (χ0n) is 14.1. The lowest BCUT2D eigenvalue weighted by molar-refractivity contribution is 0.186. The molecule has 2 aromatic carbocycles. The molecule has 0 amide bonds. The molecule has 3 rings (SSSR count). The van der Waals surface area contributed by atoms with Crippen molar-refractivity contribution in [3.05, 3.63) is 58.6 Å². The molecule has 0 radical (unpaired) electrons. The number of hydrogen-bond donors (Lipinski definition) is 2. The Balaban J connectivity index is 1.93. The third kappa shape index (κ3) is 3.98. The van der Waals surface area contributed by atoms with Crippen molar-refractivity contribution in [2.24, 2.45) is 0 Å². The summed E-state index contributed by atoms with van der Waals surface area (Å²) in [6.45, 7) is 7.26. The van der Waals surface area contributed by atoms with Crippen LogP contribution in [0.15, 0.2) is 42.5 Å². The SMILES string of the molecule is Cc1ccc(Cl)cc1-c1ccccc1C(CO)CN1CCNCC1. The van der Waals surface area contributed by atoms with E-state index in [-0.39, 0.29) is 12.5 Å². The highest BCUT2D eigenvalue weighted by atomic mass is 35.5. The van der Waals surface area contributed by atoms with E-state index in [1.807, 2.05) is 12.1 Å². The van der Waals surface area contributed by atoms with E-state index >= 15 is 0 Å². The fourth-order valence-corrected chi connectivity index (χ4v) is 3.61. The summed E-state index contributed by atoms with van der Waals surface area (Å²) in [5, 5.41) is 14.2. The van der Waals surface area contributed by atoms with Crippen LogP contribution >= 0.6 is 11.6 Å². The highest BCUT2D eigenvalue weighted by molar-refractivity contribution is 6.30. The average molecular weight is 345 g/mol. The molecular formula is C20H25ClN2O. The minimum atomic E-state index is 0.109. The first-order valence-electron chi connectivity index (χ1n) is 8.58. The summed E-state index contributed by atoms with van der Waals surface area (Å²) in [5.74, 6) is 0.109. The van der Waals surface area contributed by atoms with Gasteiger partial charge in [0.2, 0.25) is 0 Å². The molecule has 128 valence electrons. The van der Waals surface area contributed by atoms with Crippen molar-refractivity contribution in [3.63, 3.8) is 0 Å². The van der Waals surface area contributed by atoms with E-state index in [4.69, 9.17) is 11.6 Å². The van der Waals surface area contributed by atoms with E-state index in [9.17, 15) is 5.11 Å². The molecule has 2 N–H and O–H groups in total. The van der Waals surface area contributed by atoms with Crippen LogP contribution in [0.4, 0.5) is 0 Å². The number of nitrogens with one attached hydrogen (secondary N) is 1. The van der Waals surface area contributed by atoms with Crippen LogP contribution in [0.25, 0.3) is 11.1 Å². The molecular weight excluding hydrogens is 320 g/mol. The number of benzene rings is 2. The molecule has 1 aliphatic heterocycles. The summed E-state index contributed by atoms with van der Waals surface area (Å²) in [6.07, 6.45) is 0. The van der Waals surface area contributed by atoms with Gasteiger partial charge in [0, 0.05) is 43.7 Å². The molecule has 0 spiro atoms. The molecule has 1 fully saturated rings. The minimum Gasteiger partial charge on any atom is -0.396 e. The maximum Gasteiger partial charge on any atom is 0.0512 e. The highest BCUT2D eigenvalue weighted by Gasteiger charge is 2.20. The van der Waals surface area contributed by atoms with Crippen LogP contribution in [0.3, 0.4) is 0 Å². The van der Waals surface area contributed by atoms with Gasteiger partial charge < -0.3 is 15.3 Å². The maximum absolute atomic E-state index is 10.0. The molecule has 24 heavy (non-hydrogen) atoms. The molecule has 4 heteroatoms. The number of hydrogen-bond acceptors (Lipinski definition) is 3. The summed E-state index contributed by atoms with van der Waals surface area (Å²) < 4.78 is 0. The Morgan fingerprint density at radius 2 is 1.88 bits per heavy atom. The lowest BCUT2D eigenvalue weighted by atomic mass is 9.88. The summed E-state index contributed by atoms with van der Waals surface area (Å²) in [6, 6.07) is 14.4. The number of aliphatic hydroxyl groups excluding tert-OH is 1. The van der Waals surface area contributed by atoms with Crippen molar-refractivity contribution in [1.29, 1.82) is 0 Å². The van der Waals surface area contributed by atoms with Gasteiger partial charge in [0.1, 0.15) is 0 Å². The van der Waals surface area contributed by atoms with Crippen LogP contribution in [0.2, 0.25) is 5.02 Å². The molecule has 2 aromatic rings. The van der Waals surface area contributed by atoms with Gasteiger partial charge in [-0.2, -0.15) is 0 Å². The van der Waals surface area contributed by atoms with E-state index in [2.05, 4.69) is 47.5 Å². The predicted molar refractivity (Wildman–Crippen MR) is 101 cm³/mol. The van der Waals surface area contributed by atoms with Crippen molar-refractivity contribution in [1.82, 2.24) is 10.2 Å². The lowest BCUT2D eigenvalue weighted by Gasteiger charge is -2.31. The Morgan fingerprint density at radius 3 is 2.62 bits per heavy atom. The van der Waals surface area contributed by atoms with Crippen LogP contribution in [-0.2, 0) is 0 Å². The van der Waals surface area contributed by atoms with Gasteiger partial charge in [-0.25, -0.2) is 0 Å². The highest BCUT2D eigenvalue weighted by Crippen LogP contribution is 2.33. The number of piperazine rings is 1. The minimum absolute atomic E-state index is 0.109. The fraction of sp³-hybridized carbons (Fsp3) is 0.400. The summed E-state index contributed by atoms with van der Waals surface area (Å²) in [4.78, 5) is 2.43. The van der Waals surface area contributed by atoms with Crippen LogP contribution in [0, 0.1) is 6.92 Å². The number of nitrogens with zero attached hydrogens (tertiary/aromatic N) is 1. The molecule has 1 atom stereocenters. The zero-order valence-corrected chi connectivity index (χ0v) is 14.9. The van der Waals surface area contributed by atoms with Crippen LogP contribution in [0.1, 0.15) is 17.0 Å². The molecule has 1 heterocycles. The number of aryl methyl sites for hydroxylation is 1. The van der Waals surface area contributed by atoms with Crippen LogP contribution < -0.4 is 5.32 Å². The van der Waals surface area contributed by atoms with Crippen molar-refractivity contribution < 1.29 is 5.11 Å². The van der Waals surface area contributed by atoms with E-state index in [0.717, 1.165) is 43.3 Å². The van der Waals surface area contributed by atoms with Gasteiger partial charge in [-0.15, -0.1) is 0 Å². The standard InChI is InChI=1S/C20H25ClN2O/c1-15-6-7-17(21)12-20(15)19-5-3-2-4-18(19)16(14-24)13-23-10-8-22-9-11-23/h2-7,12,16,22,24H,8-11,13-14H2,1H3. The second kappa shape index (κ2) is 8.13. The first-order chi connectivity index (χ1) is 11.7. The van der Waals surface area contributed by atoms with E-state index in [1.54, 1.807) is 0 Å². The number of rotatable bonds is 5. The van der Waals surface area contributed by atoms with E-state index in [0.29, 0.717) is 0 Å². The van der Waals surface area contributed by atoms with Crippen molar-refractivity contribution in [3.8, 4) is 11.1 Å². The van der Waals surface area contributed by atoms with E-state index in [1.165, 1.54) is 16.7 Å². The Bertz CT molecular complexity index is 683. The molecule has 1 unspecified atom stereocenters. The molecule has 1 saturated heterocycles. The van der Waals surface area contributed by atoms with Gasteiger partial charge in [0.05, 0.1) is 6.61 Å². The monoisotopic (exact) mass is 344 g/mol. The third-order valence-corrected chi connectivity index (χ3v) is 5.03. The van der Waals surface area contributed by atoms with Gasteiger partial charge in [0.25, 0.3) is 0 Å². The van der Waals surface area contributed by atoms with Crippen LogP contribution in [0.5, 0.6) is 0 Å². The zero-order chi connectivity index (χ0) is 16.9. The van der Waals surface area contributed by atoms with Gasteiger partial charge in [-0.3, -0.25) is 0 Å². The topological polar surface area (TPSA) is 35.5 Å². The Kier molecular flexibility index (Phi) is 5.90. The van der Waals surface area contributed by atoms with E-state index < -0.39 is 0 Å². The summed E-state index contributed by atoms with van der Waals surface area (Å²) >= 11 is 6.22. The quantitative estimate of drug-likeness (QED) is 0.873. The number of aliphatic hydroxyl groups is 1. The second-order valence-electron chi connectivity index (χ2n) is 6.48. The molecule has 0 aliphatic carbocycles. The summed E-state index contributed by atoms with van der Waals surface area (Å²) in [7, 11) is 0. The van der Waals surface area contributed by atoms with Crippen molar-refractivity contribution >= 4 is 11.6 Å². The first-order valence-corrected chi connectivity index (χ1v) is 8.96. The fourth-order valence-electron chi connectivity index (χ4n) is 3.44. The van der Waals surface area contributed by atoms with Crippen LogP contribution in [-0.4, -0.2) is 49.3 Å². The molecule has 0 saturated carbocycles. The smallest absolute Gasteiger partial charge is 0.0512 e. The lowest BCUT2D eigenvalue weighted by Crippen LogP contribution is -2.45. The predicted octanol–water partition coefficient (Wildman–Crippen LogP) is 3.30. The molecule has 3 nitrogen and oxygen atoms in total. The average Bonchev–Trinajstić information content (AvgIpc) is 2.63. The molecule has 1 aliphatic rings. The van der Waals surface area contributed by atoms with Gasteiger partial charge in [-0.1, -0.05) is 41.9 Å². The summed E-state index contributed by atoms with van der Waals surface area (Å²) in [5.41, 5.74) is 4.72. The Hall–Kier alpha value is -1.39. The van der Waals surface area contributed by atoms with Gasteiger partial charge in [0.15, 0.2) is 0 Å². The van der Waals surface area contributed by atoms with Gasteiger partial charge in [-0.05, 0) is 41.3 Å². The number of halogens is 1. The normalized spacial score (nSPS) is 17.0. The van der Waals surface area contributed by atoms with Crippen molar-refractivity contribution in [2.45, 2.75) is 12.8 Å². The Labute approximate surface area is 149 Å². The third-order valence-electron chi connectivity index (χ3n) is 4.80. The Morgan fingerprint density at radius 1 is 1.12 bits per heavy atom. The second-order valence-corrected chi connectivity index (χ2v) is 6.91. The largest absolute Gasteiger partial charge is 0.396 e. The maximum atomic E-state index is 10.0. The molecule has 0 aromatic heterocycles. The first kappa shape index (κ1) is 17.4. The van der Waals surface area contributed by atoms with Crippen molar-refractivity contribution in [2.75, 3.05) is 39.3 Å².